The molecule has 2 heterocycles. The van der Waals surface area contributed by atoms with Crippen LogP contribution in [0.5, 0.6) is 5.75 Å². The fourth-order valence-electron chi connectivity index (χ4n) is 4.59. The van der Waals surface area contributed by atoms with E-state index in [-0.39, 0.29) is 6.42 Å². The number of rotatable bonds is 9. The standard InChI is InChI=1S/C29H29NO4/c1-2-6-24-27(12-10-23-25(18-34-29(23)24)20-7-4-3-5-8-20)33-14-13-22-17-21-15-19(16-28(31)32)9-11-26(21)30-22/h3-5,7-12,15,17-18,28,30-32H,2,6,13-14,16H2,1H3. The molecule has 5 aromatic rings. The van der Waals surface area contributed by atoms with Crippen molar-refractivity contribution in [3.8, 4) is 16.9 Å². The van der Waals surface area contributed by atoms with Gasteiger partial charge < -0.3 is 24.4 Å². The van der Waals surface area contributed by atoms with Gasteiger partial charge in [0.25, 0.3) is 0 Å². The van der Waals surface area contributed by atoms with E-state index in [1.165, 1.54) is 0 Å². The normalized spacial score (nSPS) is 11.6. The van der Waals surface area contributed by atoms with Gasteiger partial charge in [0.15, 0.2) is 6.29 Å². The summed E-state index contributed by atoms with van der Waals surface area (Å²) in [6.45, 7) is 2.71. The molecular formula is C29H29NO4. The molecule has 0 saturated heterocycles. The maximum atomic E-state index is 9.22. The molecule has 0 aliphatic heterocycles. The van der Waals surface area contributed by atoms with Crippen LogP contribution in [0.3, 0.4) is 0 Å². The molecule has 0 amide bonds. The van der Waals surface area contributed by atoms with E-state index in [0.29, 0.717) is 6.61 Å². The largest absolute Gasteiger partial charge is 0.493 e. The highest BCUT2D eigenvalue weighted by Gasteiger charge is 2.16. The first kappa shape index (κ1) is 22.3. The minimum Gasteiger partial charge on any atom is -0.493 e. The average molecular weight is 456 g/mol. The molecule has 5 nitrogen and oxygen atoms in total. The number of aromatic amines is 1. The predicted molar refractivity (Wildman–Crippen MR) is 135 cm³/mol. The molecule has 3 aromatic carbocycles. The van der Waals surface area contributed by atoms with Crippen molar-refractivity contribution in [2.75, 3.05) is 6.61 Å². The fraction of sp³-hybridized carbons (Fsp3) is 0.241. The fourth-order valence-corrected chi connectivity index (χ4v) is 4.59. The van der Waals surface area contributed by atoms with Crippen LogP contribution < -0.4 is 4.74 Å². The Balaban J connectivity index is 1.34. The van der Waals surface area contributed by atoms with Gasteiger partial charge in [0, 0.05) is 40.6 Å². The molecule has 3 N–H and O–H groups in total. The molecule has 0 aliphatic rings. The van der Waals surface area contributed by atoms with Crippen LogP contribution in [-0.2, 0) is 19.3 Å². The summed E-state index contributed by atoms with van der Waals surface area (Å²) in [5.74, 6) is 0.874. The predicted octanol–water partition coefficient (Wildman–Crippen LogP) is 6.01. The van der Waals surface area contributed by atoms with Gasteiger partial charge in [-0.15, -0.1) is 0 Å². The zero-order chi connectivity index (χ0) is 23.5. The van der Waals surface area contributed by atoms with E-state index in [1.54, 1.807) is 0 Å². The summed E-state index contributed by atoms with van der Waals surface area (Å²) in [6, 6.07) is 22.4. The highest BCUT2D eigenvalue weighted by molar-refractivity contribution is 5.96. The molecule has 0 aliphatic carbocycles. The first-order valence-electron chi connectivity index (χ1n) is 11.8. The summed E-state index contributed by atoms with van der Waals surface area (Å²) in [5, 5.41) is 20.6. The summed E-state index contributed by atoms with van der Waals surface area (Å²) in [6.07, 6.45) is 3.36. The van der Waals surface area contributed by atoms with Crippen molar-refractivity contribution in [1.29, 1.82) is 0 Å². The number of H-pyrrole nitrogens is 1. The number of hydrogen-bond acceptors (Lipinski definition) is 4. The van der Waals surface area contributed by atoms with Crippen LogP contribution in [0.15, 0.2) is 77.4 Å². The third-order valence-electron chi connectivity index (χ3n) is 6.18. The van der Waals surface area contributed by atoms with Crippen molar-refractivity contribution in [1.82, 2.24) is 4.98 Å². The smallest absolute Gasteiger partial charge is 0.155 e. The van der Waals surface area contributed by atoms with Crippen molar-refractivity contribution in [3.63, 3.8) is 0 Å². The molecule has 2 aromatic heterocycles. The van der Waals surface area contributed by atoms with E-state index in [1.807, 2.05) is 42.7 Å². The SMILES string of the molecule is CCCc1c(OCCc2cc3cc(CC(O)O)ccc3[nH]2)ccc2c(-c3ccccc3)coc12. The molecule has 34 heavy (non-hydrogen) atoms. The van der Waals surface area contributed by atoms with Crippen molar-refractivity contribution in [2.45, 2.75) is 38.9 Å². The number of aromatic nitrogens is 1. The van der Waals surface area contributed by atoms with Gasteiger partial charge in [-0.1, -0.05) is 49.7 Å². The molecule has 0 radical (unpaired) electrons. The molecule has 0 unspecified atom stereocenters. The number of ether oxygens (including phenoxy) is 1. The van der Waals surface area contributed by atoms with Gasteiger partial charge in [-0.05, 0) is 53.3 Å². The van der Waals surface area contributed by atoms with E-state index in [2.05, 4.69) is 42.2 Å². The third-order valence-corrected chi connectivity index (χ3v) is 6.18. The van der Waals surface area contributed by atoms with Gasteiger partial charge in [-0.25, -0.2) is 0 Å². The van der Waals surface area contributed by atoms with Gasteiger partial charge >= 0.3 is 0 Å². The molecule has 5 heteroatoms. The Hall–Kier alpha value is -3.54. The highest BCUT2D eigenvalue weighted by atomic mass is 16.5. The Morgan fingerprint density at radius 1 is 0.971 bits per heavy atom. The van der Waals surface area contributed by atoms with E-state index < -0.39 is 6.29 Å². The second-order valence-electron chi connectivity index (χ2n) is 8.68. The van der Waals surface area contributed by atoms with Crippen LogP contribution in [0, 0.1) is 0 Å². The summed E-state index contributed by atoms with van der Waals surface area (Å²) in [4.78, 5) is 3.43. The summed E-state index contributed by atoms with van der Waals surface area (Å²) >= 11 is 0. The minimum absolute atomic E-state index is 0.223. The van der Waals surface area contributed by atoms with Crippen molar-refractivity contribution in [3.05, 3.63) is 89.8 Å². The highest BCUT2D eigenvalue weighted by Crippen LogP contribution is 2.37. The number of aliphatic hydroxyl groups excluding tert-OH is 1. The average Bonchev–Trinajstić information content (AvgIpc) is 3.44. The maximum Gasteiger partial charge on any atom is 0.155 e. The number of furan rings is 1. The third kappa shape index (κ3) is 4.58. The van der Waals surface area contributed by atoms with Crippen LogP contribution in [0.1, 0.15) is 30.2 Å². The second kappa shape index (κ2) is 9.75. The van der Waals surface area contributed by atoms with Gasteiger partial charge in [0.2, 0.25) is 0 Å². The van der Waals surface area contributed by atoms with Crippen LogP contribution in [0.2, 0.25) is 0 Å². The van der Waals surface area contributed by atoms with E-state index >= 15 is 0 Å². The molecule has 0 spiro atoms. The number of aliphatic hydroxyl groups is 2. The lowest BCUT2D eigenvalue weighted by Gasteiger charge is -2.12. The van der Waals surface area contributed by atoms with Crippen molar-refractivity contribution in [2.24, 2.45) is 0 Å². The number of nitrogens with one attached hydrogen (secondary N) is 1. The zero-order valence-electron chi connectivity index (χ0n) is 19.3. The number of hydrogen-bond donors (Lipinski definition) is 3. The second-order valence-corrected chi connectivity index (χ2v) is 8.68. The molecule has 0 atom stereocenters. The van der Waals surface area contributed by atoms with Gasteiger partial charge in [-0.2, -0.15) is 0 Å². The Bertz CT molecular complexity index is 1400. The Morgan fingerprint density at radius 2 is 1.82 bits per heavy atom. The summed E-state index contributed by atoms with van der Waals surface area (Å²) < 4.78 is 12.3. The zero-order valence-corrected chi connectivity index (χ0v) is 19.3. The van der Waals surface area contributed by atoms with Crippen molar-refractivity contribution < 1.29 is 19.4 Å². The molecule has 0 bridgehead atoms. The first-order valence-corrected chi connectivity index (χ1v) is 11.8. The van der Waals surface area contributed by atoms with Gasteiger partial charge in [0.05, 0.1) is 12.9 Å². The quantitative estimate of drug-likeness (QED) is 0.238. The summed E-state index contributed by atoms with van der Waals surface area (Å²) in [7, 11) is 0. The lowest BCUT2D eigenvalue weighted by Crippen LogP contribution is -2.07. The lowest BCUT2D eigenvalue weighted by atomic mass is 10.0. The Morgan fingerprint density at radius 3 is 2.62 bits per heavy atom. The lowest BCUT2D eigenvalue weighted by molar-refractivity contribution is -0.0381. The molecule has 174 valence electrons. The Labute approximate surface area is 198 Å². The van der Waals surface area contributed by atoms with Crippen LogP contribution in [0.25, 0.3) is 33.0 Å². The van der Waals surface area contributed by atoms with E-state index in [0.717, 1.165) is 74.8 Å². The van der Waals surface area contributed by atoms with E-state index in [4.69, 9.17) is 9.15 Å². The number of benzene rings is 3. The van der Waals surface area contributed by atoms with Crippen molar-refractivity contribution >= 4 is 21.9 Å². The van der Waals surface area contributed by atoms with Gasteiger partial charge in [0.1, 0.15) is 11.3 Å². The maximum absolute atomic E-state index is 9.22. The monoisotopic (exact) mass is 455 g/mol. The van der Waals surface area contributed by atoms with Crippen LogP contribution in [-0.4, -0.2) is 28.1 Å². The van der Waals surface area contributed by atoms with Crippen LogP contribution in [0.4, 0.5) is 0 Å². The first-order chi connectivity index (χ1) is 16.6. The number of fused-ring (bicyclic) bond motifs is 2. The summed E-state index contributed by atoms with van der Waals surface area (Å²) in [5.41, 5.74) is 7.28. The topological polar surface area (TPSA) is 78.6 Å². The molecule has 0 fully saturated rings. The van der Waals surface area contributed by atoms with Crippen LogP contribution >= 0.6 is 0 Å². The van der Waals surface area contributed by atoms with Gasteiger partial charge in [-0.3, -0.25) is 0 Å². The van der Waals surface area contributed by atoms with E-state index in [9.17, 15) is 10.2 Å². The molecular weight excluding hydrogens is 426 g/mol. The molecule has 0 saturated carbocycles. The molecule has 5 rings (SSSR count). The minimum atomic E-state index is -1.34. The number of aryl methyl sites for hydroxylation is 1. The Kier molecular flexibility index (Phi) is 6.39.